The van der Waals surface area contributed by atoms with Gasteiger partial charge < -0.3 is 5.11 Å². The maximum atomic E-state index is 11.9. The van der Waals surface area contributed by atoms with Crippen molar-refractivity contribution in [2.24, 2.45) is 5.41 Å². The fourth-order valence-corrected chi connectivity index (χ4v) is 2.84. The zero-order valence-corrected chi connectivity index (χ0v) is 12.9. The number of benzene rings is 1. The van der Waals surface area contributed by atoms with Crippen LogP contribution in [-0.2, 0) is 15.8 Å². The molecule has 2 N–H and O–H groups in total. The van der Waals surface area contributed by atoms with Crippen molar-refractivity contribution < 1.29 is 13.5 Å². The molecular formula is C13H20ClNO3S. The van der Waals surface area contributed by atoms with Crippen LogP contribution in [0, 0.1) is 5.41 Å². The predicted molar refractivity (Wildman–Crippen MR) is 77.5 cm³/mol. The van der Waals surface area contributed by atoms with Crippen LogP contribution < -0.4 is 4.72 Å². The molecule has 0 spiro atoms. The zero-order valence-electron chi connectivity index (χ0n) is 11.4. The van der Waals surface area contributed by atoms with Gasteiger partial charge in [-0.2, -0.15) is 0 Å². The van der Waals surface area contributed by atoms with E-state index >= 15 is 0 Å². The molecular weight excluding hydrogens is 286 g/mol. The molecule has 0 radical (unpaired) electrons. The summed E-state index contributed by atoms with van der Waals surface area (Å²) in [5.41, 5.74) is 0.175. The van der Waals surface area contributed by atoms with Gasteiger partial charge in [-0.05, 0) is 17.0 Å². The molecule has 108 valence electrons. The number of hydrogen-bond donors (Lipinski definition) is 2. The molecule has 0 aromatic heterocycles. The number of aliphatic hydroxyl groups is 1. The summed E-state index contributed by atoms with van der Waals surface area (Å²) in [4.78, 5) is 0. The zero-order chi connectivity index (χ0) is 14.7. The second-order valence-electron chi connectivity index (χ2n) is 5.58. The first kappa shape index (κ1) is 16.4. The Labute approximate surface area is 119 Å². The van der Waals surface area contributed by atoms with E-state index in [0.717, 1.165) is 0 Å². The minimum absolute atomic E-state index is 0.00368. The van der Waals surface area contributed by atoms with E-state index in [2.05, 4.69) is 4.72 Å². The summed E-state index contributed by atoms with van der Waals surface area (Å²) in [5, 5.41) is 10.2. The van der Waals surface area contributed by atoms with Crippen LogP contribution in [0.2, 0.25) is 5.02 Å². The van der Waals surface area contributed by atoms with E-state index in [0.29, 0.717) is 10.6 Å². The molecule has 6 heteroatoms. The van der Waals surface area contributed by atoms with Gasteiger partial charge in [0.1, 0.15) is 0 Å². The quantitative estimate of drug-likeness (QED) is 0.876. The van der Waals surface area contributed by atoms with Crippen molar-refractivity contribution >= 4 is 21.6 Å². The van der Waals surface area contributed by atoms with E-state index in [4.69, 9.17) is 11.6 Å². The van der Waals surface area contributed by atoms with Crippen molar-refractivity contribution in [1.29, 1.82) is 0 Å². The number of nitrogens with one attached hydrogen (secondary N) is 1. The van der Waals surface area contributed by atoms with Crippen molar-refractivity contribution in [3.05, 3.63) is 34.9 Å². The monoisotopic (exact) mass is 305 g/mol. The summed E-state index contributed by atoms with van der Waals surface area (Å²) in [6.07, 6.45) is -0.742. The molecule has 0 aliphatic heterocycles. The number of sulfonamides is 1. The van der Waals surface area contributed by atoms with Gasteiger partial charge in [0.2, 0.25) is 10.0 Å². The Kier molecular flexibility index (Phi) is 5.38. The summed E-state index contributed by atoms with van der Waals surface area (Å²) in [7, 11) is -3.51. The Morgan fingerprint density at radius 3 is 2.42 bits per heavy atom. The van der Waals surface area contributed by atoms with Crippen LogP contribution in [-0.4, -0.2) is 26.2 Å². The van der Waals surface area contributed by atoms with Crippen LogP contribution in [0.1, 0.15) is 26.3 Å². The molecule has 0 aliphatic rings. The van der Waals surface area contributed by atoms with Gasteiger partial charge in [-0.3, -0.25) is 0 Å². The topological polar surface area (TPSA) is 66.4 Å². The minimum Gasteiger partial charge on any atom is -0.391 e. The van der Waals surface area contributed by atoms with E-state index in [1.807, 2.05) is 20.8 Å². The Balaban J connectivity index is 2.66. The molecule has 0 bridgehead atoms. The van der Waals surface area contributed by atoms with Gasteiger partial charge in [0.05, 0.1) is 11.9 Å². The van der Waals surface area contributed by atoms with Crippen LogP contribution in [0.3, 0.4) is 0 Å². The molecule has 0 saturated heterocycles. The maximum absolute atomic E-state index is 11.9. The summed E-state index contributed by atoms with van der Waals surface area (Å²) in [6, 6.07) is 6.80. The molecule has 19 heavy (non-hydrogen) atoms. The Hall–Kier alpha value is -0.620. The summed E-state index contributed by atoms with van der Waals surface area (Å²) in [6.45, 7) is 5.54. The summed E-state index contributed by atoms with van der Waals surface area (Å²) < 4.78 is 26.2. The molecule has 1 aromatic carbocycles. The summed E-state index contributed by atoms with van der Waals surface area (Å²) >= 11 is 5.92. The molecule has 0 heterocycles. The van der Waals surface area contributed by atoms with Crippen LogP contribution in [0.15, 0.2) is 24.3 Å². The molecule has 0 fully saturated rings. The third-order valence-electron chi connectivity index (χ3n) is 2.80. The van der Waals surface area contributed by atoms with Gasteiger partial charge in [-0.15, -0.1) is 0 Å². The third kappa shape index (κ3) is 5.48. The smallest absolute Gasteiger partial charge is 0.215 e. The van der Waals surface area contributed by atoms with E-state index in [1.54, 1.807) is 24.3 Å². The fraction of sp³-hybridized carbons (Fsp3) is 0.538. The number of rotatable bonds is 5. The Morgan fingerprint density at radius 1 is 1.32 bits per heavy atom. The third-order valence-corrected chi connectivity index (χ3v) is 4.47. The average Bonchev–Trinajstić information content (AvgIpc) is 2.28. The number of halogens is 1. The lowest BCUT2D eigenvalue weighted by Crippen LogP contribution is -2.39. The lowest BCUT2D eigenvalue weighted by molar-refractivity contribution is 0.0677. The second kappa shape index (κ2) is 6.22. The standard InChI is InChI=1S/C13H20ClNO3S/c1-13(2,3)12(16)8-15-19(17,18)9-10-6-4-5-7-11(10)14/h4-7,12,15-16H,8-9H2,1-3H3. The van der Waals surface area contributed by atoms with Crippen molar-refractivity contribution in [3.63, 3.8) is 0 Å². The fourth-order valence-electron chi connectivity index (χ4n) is 1.38. The molecule has 1 unspecified atom stereocenters. The lowest BCUT2D eigenvalue weighted by Gasteiger charge is -2.25. The molecule has 1 rings (SSSR count). The Morgan fingerprint density at radius 2 is 1.89 bits per heavy atom. The molecule has 0 amide bonds. The van der Waals surface area contributed by atoms with Crippen LogP contribution in [0.4, 0.5) is 0 Å². The van der Waals surface area contributed by atoms with Gasteiger partial charge in [-0.25, -0.2) is 13.1 Å². The largest absolute Gasteiger partial charge is 0.391 e. The van der Waals surface area contributed by atoms with Gasteiger partial charge in [0, 0.05) is 11.6 Å². The Bertz CT molecular complexity index is 523. The average molecular weight is 306 g/mol. The van der Waals surface area contributed by atoms with Crippen molar-refractivity contribution in [3.8, 4) is 0 Å². The highest BCUT2D eigenvalue weighted by atomic mass is 35.5. The maximum Gasteiger partial charge on any atom is 0.215 e. The molecule has 1 atom stereocenters. The number of hydrogen-bond acceptors (Lipinski definition) is 3. The molecule has 4 nitrogen and oxygen atoms in total. The van der Waals surface area contributed by atoms with Gasteiger partial charge >= 0.3 is 0 Å². The first-order valence-electron chi connectivity index (χ1n) is 6.00. The van der Waals surface area contributed by atoms with E-state index in [-0.39, 0.29) is 17.7 Å². The van der Waals surface area contributed by atoms with Gasteiger partial charge in [0.15, 0.2) is 0 Å². The van der Waals surface area contributed by atoms with Crippen LogP contribution >= 0.6 is 11.6 Å². The summed E-state index contributed by atoms with van der Waals surface area (Å²) in [5.74, 6) is -0.191. The lowest BCUT2D eigenvalue weighted by atomic mass is 9.89. The van der Waals surface area contributed by atoms with Crippen LogP contribution in [0.5, 0.6) is 0 Å². The van der Waals surface area contributed by atoms with Gasteiger partial charge in [0.25, 0.3) is 0 Å². The second-order valence-corrected chi connectivity index (χ2v) is 7.79. The first-order chi connectivity index (χ1) is 8.62. The van der Waals surface area contributed by atoms with E-state index in [1.165, 1.54) is 0 Å². The highest BCUT2D eigenvalue weighted by Crippen LogP contribution is 2.19. The van der Waals surface area contributed by atoms with Crippen molar-refractivity contribution in [2.45, 2.75) is 32.6 Å². The van der Waals surface area contributed by atoms with Crippen LogP contribution in [0.25, 0.3) is 0 Å². The highest BCUT2D eigenvalue weighted by molar-refractivity contribution is 7.88. The van der Waals surface area contributed by atoms with Crippen molar-refractivity contribution in [2.75, 3.05) is 6.54 Å². The minimum atomic E-state index is -3.51. The SMILES string of the molecule is CC(C)(C)C(O)CNS(=O)(=O)Cc1ccccc1Cl. The normalized spacial score (nSPS) is 14.4. The predicted octanol–water partition coefficient (Wildman–Crippen LogP) is 2.17. The van der Waals surface area contributed by atoms with Crippen molar-refractivity contribution in [1.82, 2.24) is 4.72 Å². The van der Waals surface area contributed by atoms with E-state index in [9.17, 15) is 13.5 Å². The van der Waals surface area contributed by atoms with Gasteiger partial charge in [-0.1, -0.05) is 50.6 Å². The highest BCUT2D eigenvalue weighted by Gasteiger charge is 2.24. The molecule has 0 aliphatic carbocycles. The molecule has 0 saturated carbocycles. The van der Waals surface area contributed by atoms with E-state index < -0.39 is 16.1 Å². The molecule has 1 aromatic rings. The first-order valence-corrected chi connectivity index (χ1v) is 8.03. The number of aliphatic hydroxyl groups excluding tert-OH is 1.